The van der Waals surface area contributed by atoms with E-state index in [1.54, 1.807) is 0 Å². The number of fused-ring (bicyclic) bond motifs is 1. The molecule has 1 aliphatic carbocycles. The monoisotopic (exact) mass is 372 g/mol. The van der Waals surface area contributed by atoms with Crippen LogP contribution >= 0.6 is 0 Å². The van der Waals surface area contributed by atoms with Gasteiger partial charge in [-0.25, -0.2) is 0 Å². The summed E-state index contributed by atoms with van der Waals surface area (Å²) in [6, 6.07) is 11.6. The molecule has 2 aliphatic rings. The largest absolute Gasteiger partial charge is 0.360 e. The van der Waals surface area contributed by atoms with E-state index in [0.717, 1.165) is 45.2 Å². The van der Waals surface area contributed by atoms with E-state index in [0.29, 0.717) is 6.04 Å². The van der Waals surface area contributed by atoms with Gasteiger partial charge in [0.1, 0.15) is 5.60 Å². The van der Waals surface area contributed by atoms with Crippen LogP contribution < -0.4 is 0 Å². The van der Waals surface area contributed by atoms with Crippen LogP contribution in [0.25, 0.3) is 0 Å². The summed E-state index contributed by atoms with van der Waals surface area (Å²) in [7, 11) is 2.26. The molecular weight excluding hydrogens is 336 g/mol. The van der Waals surface area contributed by atoms with Gasteiger partial charge in [-0.2, -0.15) is 0 Å². The summed E-state index contributed by atoms with van der Waals surface area (Å²) in [5, 5.41) is 0. The predicted molar refractivity (Wildman–Crippen MR) is 110 cm³/mol. The standard InChI is InChI=1S/C23H36N2O2/c1-5-25-20-13-9-12-19(14-15-21(20)27-23(2,3)22(25)26)24(4)17-16-18-10-7-6-8-11-18/h6-8,10-11,19-21H,5,9,12-17H2,1-4H3/t19-,20?,21-/m1/s1. The molecule has 4 nitrogen and oxygen atoms in total. The van der Waals surface area contributed by atoms with E-state index in [9.17, 15) is 4.79 Å². The fourth-order valence-electron chi connectivity index (χ4n) is 4.81. The van der Waals surface area contributed by atoms with Crippen LogP contribution in [0.3, 0.4) is 0 Å². The van der Waals surface area contributed by atoms with Crippen LogP contribution in [0.15, 0.2) is 30.3 Å². The van der Waals surface area contributed by atoms with E-state index in [-0.39, 0.29) is 18.1 Å². The number of ether oxygens (including phenoxy) is 1. The fourth-order valence-corrected chi connectivity index (χ4v) is 4.81. The SMILES string of the molecule is CCN1C(=O)C(C)(C)O[C@@H]2CC[C@H](N(C)CCc3ccccc3)CCCC21. The highest BCUT2D eigenvalue weighted by Gasteiger charge is 2.46. The molecule has 1 aromatic carbocycles. The lowest BCUT2D eigenvalue weighted by Crippen LogP contribution is -2.62. The van der Waals surface area contributed by atoms with Gasteiger partial charge in [-0.1, -0.05) is 30.3 Å². The summed E-state index contributed by atoms with van der Waals surface area (Å²) in [6.07, 6.45) is 6.89. The van der Waals surface area contributed by atoms with Gasteiger partial charge in [0, 0.05) is 19.1 Å². The molecule has 0 aromatic heterocycles. The molecule has 0 bridgehead atoms. The van der Waals surface area contributed by atoms with Gasteiger partial charge in [0.15, 0.2) is 0 Å². The number of amides is 1. The third kappa shape index (κ3) is 4.72. The Balaban J connectivity index is 1.59. The van der Waals surface area contributed by atoms with Gasteiger partial charge in [0.05, 0.1) is 12.1 Å². The first-order chi connectivity index (χ1) is 12.9. The molecule has 1 amide bonds. The van der Waals surface area contributed by atoms with Crippen molar-refractivity contribution >= 4 is 5.91 Å². The number of benzene rings is 1. The number of hydrogen-bond acceptors (Lipinski definition) is 3. The summed E-state index contributed by atoms with van der Waals surface area (Å²) < 4.78 is 6.31. The lowest BCUT2D eigenvalue weighted by molar-refractivity contribution is -0.193. The van der Waals surface area contributed by atoms with Gasteiger partial charge >= 0.3 is 0 Å². The lowest BCUT2D eigenvalue weighted by atomic mass is 9.86. The molecule has 4 heteroatoms. The van der Waals surface area contributed by atoms with Crippen LogP contribution in [-0.4, -0.2) is 59.6 Å². The third-order valence-corrected chi connectivity index (χ3v) is 6.43. The normalized spacial score (nSPS) is 28.6. The van der Waals surface area contributed by atoms with E-state index in [1.807, 2.05) is 13.8 Å². The zero-order valence-corrected chi connectivity index (χ0v) is 17.5. The summed E-state index contributed by atoms with van der Waals surface area (Å²) in [6.45, 7) is 7.82. The Morgan fingerprint density at radius 2 is 1.89 bits per heavy atom. The Kier molecular flexibility index (Phi) is 6.59. The molecule has 0 spiro atoms. The number of likely N-dealkylation sites (N-methyl/N-ethyl adjacent to an activating group) is 2. The molecule has 1 heterocycles. The molecule has 150 valence electrons. The lowest BCUT2D eigenvalue weighted by Gasteiger charge is -2.49. The summed E-state index contributed by atoms with van der Waals surface area (Å²) in [4.78, 5) is 17.3. The molecule has 2 fully saturated rings. The van der Waals surface area contributed by atoms with Crippen molar-refractivity contribution in [1.29, 1.82) is 0 Å². The van der Waals surface area contributed by atoms with Crippen LogP contribution in [0, 0.1) is 0 Å². The minimum atomic E-state index is -0.689. The van der Waals surface area contributed by atoms with Crippen molar-refractivity contribution in [3.05, 3.63) is 35.9 Å². The minimum Gasteiger partial charge on any atom is -0.360 e. The molecule has 1 unspecified atom stereocenters. The number of carbonyl (C=O) groups excluding carboxylic acids is 1. The van der Waals surface area contributed by atoms with Crippen molar-refractivity contribution < 1.29 is 9.53 Å². The molecule has 1 saturated heterocycles. The number of carbonyl (C=O) groups is 1. The van der Waals surface area contributed by atoms with Gasteiger partial charge in [0.25, 0.3) is 5.91 Å². The van der Waals surface area contributed by atoms with Gasteiger partial charge in [-0.05, 0) is 71.9 Å². The van der Waals surface area contributed by atoms with Crippen molar-refractivity contribution in [2.45, 2.75) is 83.1 Å². The Labute approximate surface area is 164 Å². The van der Waals surface area contributed by atoms with E-state index >= 15 is 0 Å². The Hall–Kier alpha value is -1.39. The number of morpholine rings is 1. The first-order valence-corrected chi connectivity index (χ1v) is 10.7. The Morgan fingerprint density at radius 3 is 2.59 bits per heavy atom. The second-order valence-corrected chi connectivity index (χ2v) is 8.70. The molecule has 1 aliphatic heterocycles. The number of rotatable bonds is 5. The molecule has 0 N–H and O–H groups in total. The Bertz CT molecular complexity index is 616. The number of hydrogen-bond donors (Lipinski definition) is 0. The van der Waals surface area contributed by atoms with Crippen molar-refractivity contribution in [3.63, 3.8) is 0 Å². The van der Waals surface area contributed by atoms with Gasteiger partial charge < -0.3 is 14.5 Å². The van der Waals surface area contributed by atoms with Crippen molar-refractivity contribution in [2.75, 3.05) is 20.1 Å². The second-order valence-electron chi connectivity index (χ2n) is 8.70. The molecule has 1 saturated carbocycles. The van der Waals surface area contributed by atoms with Crippen molar-refractivity contribution in [3.8, 4) is 0 Å². The van der Waals surface area contributed by atoms with Crippen LogP contribution in [0.2, 0.25) is 0 Å². The molecule has 3 rings (SSSR count). The first-order valence-electron chi connectivity index (χ1n) is 10.7. The second kappa shape index (κ2) is 8.74. The molecule has 3 atom stereocenters. The molecule has 27 heavy (non-hydrogen) atoms. The zero-order chi connectivity index (χ0) is 19.4. The van der Waals surface area contributed by atoms with Gasteiger partial charge in [-0.3, -0.25) is 4.79 Å². The highest BCUT2D eigenvalue weighted by molar-refractivity contribution is 5.85. The van der Waals surface area contributed by atoms with Gasteiger partial charge in [-0.15, -0.1) is 0 Å². The highest BCUT2D eigenvalue weighted by atomic mass is 16.5. The van der Waals surface area contributed by atoms with Crippen LogP contribution in [-0.2, 0) is 16.0 Å². The quantitative estimate of drug-likeness (QED) is 0.786. The average molecular weight is 373 g/mol. The van der Waals surface area contributed by atoms with Crippen molar-refractivity contribution in [1.82, 2.24) is 9.80 Å². The van der Waals surface area contributed by atoms with Crippen LogP contribution in [0.1, 0.15) is 58.4 Å². The van der Waals surface area contributed by atoms with Crippen molar-refractivity contribution in [2.24, 2.45) is 0 Å². The van der Waals surface area contributed by atoms with Crippen LogP contribution in [0.4, 0.5) is 0 Å². The third-order valence-electron chi connectivity index (χ3n) is 6.43. The van der Waals surface area contributed by atoms with Crippen LogP contribution in [0.5, 0.6) is 0 Å². The maximum atomic E-state index is 12.7. The molecular formula is C23H36N2O2. The topological polar surface area (TPSA) is 32.8 Å². The summed E-state index contributed by atoms with van der Waals surface area (Å²) in [5.41, 5.74) is 0.718. The smallest absolute Gasteiger partial charge is 0.254 e. The van der Waals surface area contributed by atoms with Gasteiger partial charge in [0.2, 0.25) is 0 Å². The van der Waals surface area contributed by atoms with E-state index in [1.165, 1.54) is 12.0 Å². The Morgan fingerprint density at radius 1 is 1.15 bits per heavy atom. The highest BCUT2D eigenvalue weighted by Crippen LogP contribution is 2.34. The maximum Gasteiger partial charge on any atom is 0.254 e. The first kappa shape index (κ1) is 20.3. The predicted octanol–water partition coefficient (Wildman–Crippen LogP) is 3.89. The summed E-state index contributed by atoms with van der Waals surface area (Å²) in [5.74, 6) is 0.156. The number of nitrogens with zero attached hydrogens (tertiary/aromatic N) is 2. The summed E-state index contributed by atoms with van der Waals surface area (Å²) >= 11 is 0. The van der Waals surface area contributed by atoms with E-state index in [2.05, 4.69) is 54.1 Å². The average Bonchev–Trinajstić information content (AvgIpc) is 2.64. The maximum absolute atomic E-state index is 12.7. The van der Waals surface area contributed by atoms with E-state index < -0.39 is 5.60 Å². The minimum absolute atomic E-state index is 0.156. The fraction of sp³-hybridized carbons (Fsp3) is 0.696. The zero-order valence-electron chi connectivity index (χ0n) is 17.5. The molecule has 0 radical (unpaired) electrons. The molecule has 1 aromatic rings. The van der Waals surface area contributed by atoms with E-state index in [4.69, 9.17) is 4.74 Å².